The van der Waals surface area contributed by atoms with Gasteiger partial charge in [0.25, 0.3) is 0 Å². The Morgan fingerprint density at radius 2 is 1.89 bits per heavy atom. The second-order valence-electron chi connectivity index (χ2n) is 6.29. The largest absolute Gasteiger partial charge is 0.457 e. The van der Waals surface area contributed by atoms with Gasteiger partial charge in [0, 0.05) is 26.7 Å². The minimum atomic E-state index is -1.24. The number of cyclic esters (lactones) is 1. The van der Waals surface area contributed by atoms with Crippen LogP contribution >= 0.6 is 0 Å². The third kappa shape index (κ3) is 7.07. The van der Waals surface area contributed by atoms with E-state index in [4.69, 9.17) is 9.47 Å². The molecule has 0 amide bonds. The first-order valence-electron chi connectivity index (χ1n) is 6.81. The van der Waals surface area contributed by atoms with Crippen molar-refractivity contribution in [2.45, 2.75) is 65.0 Å². The number of carbonyl (C=O) groups is 1. The highest BCUT2D eigenvalue weighted by Crippen LogP contribution is 2.25. The van der Waals surface area contributed by atoms with Crippen LogP contribution < -0.4 is 0 Å². The van der Waals surface area contributed by atoms with E-state index in [1.807, 2.05) is 0 Å². The van der Waals surface area contributed by atoms with Gasteiger partial charge in [-0.3, -0.25) is 0 Å². The van der Waals surface area contributed by atoms with Gasteiger partial charge in [0.05, 0.1) is 6.08 Å². The Morgan fingerprint density at radius 3 is 2.47 bits per heavy atom. The van der Waals surface area contributed by atoms with E-state index < -0.39 is 13.9 Å². The molecule has 0 bridgehead atoms. The number of hydrogen-bond donors (Lipinski definition) is 0. The molecule has 0 N–H and O–H groups in total. The predicted molar refractivity (Wildman–Crippen MR) is 78.9 cm³/mol. The summed E-state index contributed by atoms with van der Waals surface area (Å²) < 4.78 is 10.6. The summed E-state index contributed by atoms with van der Waals surface area (Å²) in [6.07, 6.45) is 5.15. The second-order valence-corrected chi connectivity index (χ2v) is 11.0. The maximum atomic E-state index is 11.3. The molecule has 1 aliphatic rings. The Kier molecular flexibility index (Phi) is 5.25. The van der Waals surface area contributed by atoms with Crippen LogP contribution in [0.1, 0.15) is 39.5 Å². The number of ether oxygens (including phenoxy) is 2. The number of rotatable bonds is 4. The fraction of sp³-hybridized carbons (Fsp3) is 0.667. The van der Waals surface area contributed by atoms with Crippen LogP contribution in [0.4, 0.5) is 0 Å². The molecule has 0 fully saturated rings. The molecule has 0 saturated heterocycles. The van der Waals surface area contributed by atoms with Crippen LogP contribution in [-0.4, -0.2) is 19.8 Å². The molecule has 0 radical (unpaired) electrons. The van der Waals surface area contributed by atoms with Crippen LogP contribution in [0.3, 0.4) is 0 Å². The molecule has 0 aromatic rings. The Labute approximate surface area is 117 Å². The summed E-state index contributed by atoms with van der Waals surface area (Å²) in [5.74, 6) is 2.82. The first-order chi connectivity index (χ1) is 8.68. The highest BCUT2D eigenvalue weighted by Gasteiger charge is 2.29. The molecule has 19 heavy (non-hydrogen) atoms. The zero-order chi connectivity index (χ0) is 14.5. The van der Waals surface area contributed by atoms with E-state index in [9.17, 15) is 4.79 Å². The van der Waals surface area contributed by atoms with Crippen LogP contribution in [0.25, 0.3) is 0 Å². The van der Waals surface area contributed by atoms with E-state index in [0.717, 1.165) is 31.4 Å². The third-order valence-corrected chi connectivity index (χ3v) is 3.37. The lowest BCUT2D eigenvalue weighted by Crippen LogP contribution is -2.34. The van der Waals surface area contributed by atoms with Crippen LogP contribution in [-0.2, 0) is 14.3 Å². The van der Waals surface area contributed by atoms with Crippen molar-refractivity contribution in [2.24, 2.45) is 0 Å². The first kappa shape index (κ1) is 15.8. The Hall–Kier alpha value is -1.21. The Bertz CT molecular complexity index is 419. The Balaban J connectivity index is 2.30. The highest BCUT2D eigenvalue weighted by atomic mass is 28.3. The molecule has 1 rings (SSSR count). The van der Waals surface area contributed by atoms with Crippen molar-refractivity contribution >= 4 is 14.0 Å². The van der Waals surface area contributed by atoms with Gasteiger partial charge in [-0.25, -0.2) is 4.79 Å². The number of carbonyl (C=O) groups excluding carboxylic acids is 1. The lowest BCUT2D eigenvalue weighted by Gasteiger charge is -2.30. The van der Waals surface area contributed by atoms with Crippen LogP contribution in [0.5, 0.6) is 0 Å². The molecule has 0 unspecified atom stereocenters. The summed E-state index contributed by atoms with van der Waals surface area (Å²) >= 11 is 0. The second kappa shape index (κ2) is 6.29. The Morgan fingerprint density at radius 1 is 1.21 bits per heavy atom. The van der Waals surface area contributed by atoms with Crippen molar-refractivity contribution in [3.63, 3.8) is 0 Å². The van der Waals surface area contributed by atoms with Crippen LogP contribution in [0, 0.1) is 11.5 Å². The van der Waals surface area contributed by atoms with Crippen molar-refractivity contribution in [3.8, 4) is 11.5 Å². The lowest BCUT2D eigenvalue weighted by atomic mass is 10.1. The maximum absolute atomic E-state index is 11.3. The average Bonchev–Trinajstić information content (AvgIpc) is 2.18. The summed E-state index contributed by atoms with van der Waals surface area (Å²) in [4.78, 5) is 11.3. The molecule has 1 heterocycles. The van der Waals surface area contributed by atoms with Gasteiger partial charge in [0.2, 0.25) is 5.79 Å². The molecule has 0 saturated carbocycles. The van der Waals surface area contributed by atoms with Gasteiger partial charge in [-0.1, -0.05) is 19.6 Å². The standard InChI is InChI=1S/C15H24O3Si/c1-15(2)17-13(12-14(16)18-15)10-8-6-7-9-11-19(3,4)5/h12H,6-8,10H2,1-5H3. The molecule has 106 valence electrons. The number of unbranched alkanes of at least 4 members (excludes halogenated alkanes) is 2. The van der Waals surface area contributed by atoms with Gasteiger partial charge >= 0.3 is 5.97 Å². The van der Waals surface area contributed by atoms with E-state index >= 15 is 0 Å². The van der Waals surface area contributed by atoms with E-state index in [1.165, 1.54) is 6.08 Å². The molecule has 4 heteroatoms. The van der Waals surface area contributed by atoms with Gasteiger partial charge in [-0.15, -0.1) is 11.5 Å². The van der Waals surface area contributed by atoms with E-state index in [0.29, 0.717) is 0 Å². The molecule has 0 atom stereocenters. The maximum Gasteiger partial charge on any atom is 0.337 e. The zero-order valence-corrected chi connectivity index (χ0v) is 13.6. The van der Waals surface area contributed by atoms with Crippen molar-refractivity contribution in [1.29, 1.82) is 0 Å². The van der Waals surface area contributed by atoms with Gasteiger partial charge in [0.15, 0.2) is 0 Å². The summed E-state index contributed by atoms with van der Waals surface area (Å²) in [6, 6.07) is 0. The minimum Gasteiger partial charge on any atom is -0.457 e. The predicted octanol–water partition coefficient (Wildman–Crippen LogP) is 3.62. The van der Waals surface area contributed by atoms with Gasteiger partial charge in [0.1, 0.15) is 13.8 Å². The number of allylic oxidation sites excluding steroid dienone is 1. The van der Waals surface area contributed by atoms with Crippen molar-refractivity contribution in [1.82, 2.24) is 0 Å². The highest BCUT2D eigenvalue weighted by molar-refractivity contribution is 6.83. The lowest BCUT2D eigenvalue weighted by molar-refractivity contribution is -0.206. The van der Waals surface area contributed by atoms with Gasteiger partial charge in [-0.05, 0) is 12.8 Å². The molecule has 1 aliphatic heterocycles. The van der Waals surface area contributed by atoms with Crippen molar-refractivity contribution < 1.29 is 14.3 Å². The third-order valence-electron chi connectivity index (χ3n) is 2.44. The summed E-state index contributed by atoms with van der Waals surface area (Å²) in [5, 5.41) is 0. The van der Waals surface area contributed by atoms with E-state index in [-0.39, 0.29) is 5.97 Å². The first-order valence-corrected chi connectivity index (χ1v) is 10.3. The van der Waals surface area contributed by atoms with Gasteiger partial charge in [-0.2, -0.15) is 0 Å². The molecule has 0 aromatic heterocycles. The van der Waals surface area contributed by atoms with Crippen molar-refractivity contribution in [2.75, 3.05) is 0 Å². The smallest absolute Gasteiger partial charge is 0.337 e. The molecular weight excluding hydrogens is 256 g/mol. The zero-order valence-electron chi connectivity index (χ0n) is 12.6. The summed E-state index contributed by atoms with van der Waals surface area (Å²) in [7, 11) is -1.24. The van der Waals surface area contributed by atoms with Crippen LogP contribution in [0.15, 0.2) is 11.8 Å². The SMILES string of the molecule is CC1(C)OC(=O)C=C(CCCCC#C[Si](C)(C)C)O1. The fourth-order valence-electron chi connectivity index (χ4n) is 1.73. The van der Waals surface area contributed by atoms with Gasteiger partial charge < -0.3 is 9.47 Å². The van der Waals surface area contributed by atoms with E-state index in [1.54, 1.807) is 13.8 Å². The molecular formula is C15H24O3Si. The van der Waals surface area contributed by atoms with E-state index in [2.05, 4.69) is 31.1 Å². The summed E-state index contributed by atoms with van der Waals surface area (Å²) in [5.41, 5.74) is 3.35. The minimum absolute atomic E-state index is 0.315. The topological polar surface area (TPSA) is 35.5 Å². The normalized spacial score (nSPS) is 17.7. The molecule has 3 nitrogen and oxygen atoms in total. The molecule has 0 aliphatic carbocycles. The van der Waals surface area contributed by atoms with Crippen molar-refractivity contribution in [3.05, 3.63) is 11.8 Å². The quantitative estimate of drug-likeness (QED) is 0.341. The molecule has 0 aromatic carbocycles. The summed E-state index contributed by atoms with van der Waals surface area (Å²) in [6.45, 7) is 10.2. The average molecular weight is 280 g/mol. The molecule has 0 spiro atoms. The number of hydrogen-bond acceptors (Lipinski definition) is 3. The van der Waals surface area contributed by atoms with Crippen LogP contribution in [0.2, 0.25) is 19.6 Å². The monoisotopic (exact) mass is 280 g/mol. The number of esters is 1. The fourth-order valence-corrected chi connectivity index (χ4v) is 2.39.